The number of aliphatic hydroxyl groups excluding tert-OH is 1. The van der Waals surface area contributed by atoms with E-state index in [-0.39, 0.29) is 18.2 Å². The van der Waals surface area contributed by atoms with Gasteiger partial charge in [-0.05, 0) is 61.6 Å². The van der Waals surface area contributed by atoms with E-state index in [0.29, 0.717) is 13.1 Å². The van der Waals surface area contributed by atoms with E-state index in [4.69, 9.17) is 9.72 Å². The highest BCUT2D eigenvalue weighted by atomic mass is 32.1. The van der Waals surface area contributed by atoms with E-state index in [0.717, 1.165) is 39.7 Å². The summed E-state index contributed by atoms with van der Waals surface area (Å²) in [6.07, 6.45) is 3.45. The summed E-state index contributed by atoms with van der Waals surface area (Å²) in [6.45, 7) is 4.86. The van der Waals surface area contributed by atoms with Gasteiger partial charge in [-0.15, -0.1) is 11.3 Å². The van der Waals surface area contributed by atoms with Crippen molar-refractivity contribution in [2.45, 2.75) is 44.9 Å². The lowest BCUT2D eigenvalue weighted by Gasteiger charge is -2.36. The SMILES string of the molecule is CNc1cc(-c2ncc(-c3cccc4c3CC[C@@H]4NC(=O)N3CC(O)C3)s2)ccc1OC(C)C. The van der Waals surface area contributed by atoms with Gasteiger partial charge in [-0.1, -0.05) is 18.2 Å². The first-order valence-corrected chi connectivity index (χ1v) is 12.5. The molecule has 8 heteroatoms. The third-order valence-electron chi connectivity index (χ3n) is 6.35. The van der Waals surface area contributed by atoms with Crippen LogP contribution >= 0.6 is 11.3 Å². The van der Waals surface area contributed by atoms with E-state index in [9.17, 15) is 9.90 Å². The molecule has 0 bridgehead atoms. The number of urea groups is 1. The van der Waals surface area contributed by atoms with Gasteiger partial charge in [-0.3, -0.25) is 0 Å². The number of anilines is 1. The van der Waals surface area contributed by atoms with Crippen LogP contribution in [0.2, 0.25) is 0 Å². The number of aliphatic hydroxyl groups is 1. The molecule has 1 fully saturated rings. The topological polar surface area (TPSA) is 86.7 Å². The van der Waals surface area contributed by atoms with Crippen molar-refractivity contribution in [1.82, 2.24) is 15.2 Å². The molecule has 1 atom stereocenters. The summed E-state index contributed by atoms with van der Waals surface area (Å²) in [5, 5.41) is 16.8. The number of thiazole rings is 1. The summed E-state index contributed by atoms with van der Waals surface area (Å²) in [6, 6.07) is 12.3. The van der Waals surface area contributed by atoms with Gasteiger partial charge in [-0.2, -0.15) is 0 Å². The zero-order chi connectivity index (χ0) is 23.8. The molecule has 1 aliphatic carbocycles. The van der Waals surface area contributed by atoms with Gasteiger partial charge in [0.05, 0.1) is 41.9 Å². The zero-order valence-electron chi connectivity index (χ0n) is 19.7. The number of ether oxygens (including phenoxy) is 1. The van der Waals surface area contributed by atoms with E-state index in [1.54, 1.807) is 16.2 Å². The molecule has 34 heavy (non-hydrogen) atoms. The minimum Gasteiger partial charge on any atom is -0.489 e. The van der Waals surface area contributed by atoms with Gasteiger partial charge in [0.1, 0.15) is 10.8 Å². The molecular weight excluding hydrogens is 448 g/mol. The van der Waals surface area contributed by atoms with E-state index in [2.05, 4.69) is 41.0 Å². The predicted molar refractivity (Wildman–Crippen MR) is 135 cm³/mol. The van der Waals surface area contributed by atoms with Crippen LogP contribution in [0.5, 0.6) is 5.75 Å². The lowest BCUT2D eigenvalue weighted by atomic mass is 10.0. The number of nitrogens with zero attached hydrogens (tertiary/aromatic N) is 2. The predicted octanol–water partition coefficient (Wildman–Crippen LogP) is 4.68. The van der Waals surface area contributed by atoms with E-state index in [1.807, 2.05) is 33.2 Å². The van der Waals surface area contributed by atoms with Crippen LogP contribution < -0.4 is 15.4 Å². The average Bonchev–Trinajstić information content (AvgIpc) is 3.44. The number of benzene rings is 2. The highest BCUT2D eigenvalue weighted by molar-refractivity contribution is 7.18. The third-order valence-corrected chi connectivity index (χ3v) is 7.43. The molecule has 2 amide bonds. The van der Waals surface area contributed by atoms with Gasteiger partial charge in [0.15, 0.2) is 0 Å². The molecular formula is C26H30N4O3S. The van der Waals surface area contributed by atoms with Crippen LogP contribution in [0.15, 0.2) is 42.6 Å². The number of fused-ring (bicyclic) bond motifs is 1. The fourth-order valence-corrected chi connectivity index (χ4v) is 5.61. The number of likely N-dealkylation sites (tertiary alicyclic amines) is 1. The van der Waals surface area contributed by atoms with Crippen molar-refractivity contribution in [1.29, 1.82) is 0 Å². The quantitative estimate of drug-likeness (QED) is 0.479. The molecule has 1 aliphatic heterocycles. The number of hydrogen-bond acceptors (Lipinski definition) is 6. The number of hydrogen-bond donors (Lipinski definition) is 3. The Labute approximate surface area is 203 Å². The van der Waals surface area contributed by atoms with Gasteiger partial charge in [-0.25, -0.2) is 9.78 Å². The van der Waals surface area contributed by atoms with Crippen LogP contribution in [0.1, 0.15) is 37.4 Å². The molecule has 0 saturated carbocycles. The van der Waals surface area contributed by atoms with E-state index >= 15 is 0 Å². The summed E-state index contributed by atoms with van der Waals surface area (Å²) in [5.74, 6) is 0.833. The van der Waals surface area contributed by atoms with Crippen molar-refractivity contribution in [2.24, 2.45) is 0 Å². The Morgan fingerprint density at radius 3 is 2.82 bits per heavy atom. The molecule has 0 spiro atoms. The Morgan fingerprint density at radius 2 is 2.09 bits per heavy atom. The molecule has 2 aromatic carbocycles. The van der Waals surface area contributed by atoms with Crippen LogP contribution in [0.25, 0.3) is 21.0 Å². The van der Waals surface area contributed by atoms with E-state index < -0.39 is 6.10 Å². The second-order valence-electron chi connectivity index (χ2n) is 9.13. The number of carbonyl (C=O) groups is 1. The number of β-amino-alcohol motifs (C(OH)–C–C–N with tert-alkyl or cyclic N) is 1. The Morgan fingerprint density at radius 1 is 1.26 bits per heavy atom. The Hall–Kier alpha value is -3.10. The largest absolute Gasteiger partial charge is 0.489 e. The normalized spacial score (nSPS) is 17.4. The summed E-state index contributed by atoms with van der Waals surface area (Å²) in [7, 11) is 1.90. The number of carbonyl (C=O) groups excluding carboxylic acids is 1. The molecule has 7 nitrogen and oxygen atoms in total. The summed E-state index contributed by atoms with van der Waals surface area (Å²) in [4.78, 5) is 20.0. The van der Waals surface area contributed by atoms with Gasteiger partial charge in [0.25, 0.3) is 0 Å². The molecule has 5 rings (SSSR count). The van der Waals surface area contributed by atoms with Crippen LogP contribution in [0, 0.1) is 0 Å². The highest BCUT2D eigenvalue weighted by Gasteiger charge is 2.32. The van der Waals surface area contributed by atoms with Crippen molar-refractivity contribution in [2.75, 3.05) is 25.5 Å². The van der Waals surface area contributed by atoms with Crippen LogP contribution in [-0.2, 0) is 6.42 Å². The lowest BCUT2D eigenvalue weighted by molar-refractivity contribution is 0.0257. The van der Waals surface area contributed by atoms with Gasteiger partial charge in [0, 0.05) is 18.8 Å². The van der Waals surface area contributed by atoms with Crippen molar-refractivity contribution >= 4 is 23.1 Å². The average molecular weight is 479 g/mol. The molecule has 3 aromatic rings. The minimum absolute atomic E-state index is 0.000673. The number of amides is 2. The molecule has 178 valence electrons. The second kappa shape index (κ2) is 9.27. The Kier molecular flexibility index (Phi) is 6.18. The van der Waals surface area contributed by atoms with Crippen molar-refractivity contribution in [3.05, 3.63) is 53.7 Å². The number of nitrogens with one attached hydrogen (secondary N) is 2. The Bertz CT molecular complexity index is 1200. The standard InChI is InChI=1S/C26H30N4O3S/c1-15(2)33-23-10-7-16(11-22(23)27-3)25-28-12-24(34-25)20-6-4-5-19-18(20)8-9-21(19)29-26(32)30-13-17(31)14-30/h4-7,10-12,15,17,21,27,31H,8-9,13-14H2,1-3H3,(H,29,32)/t21-/m0/s1. The van der Waals surface area contributed by atoms with Gasteiger partial charge in [0.2, 0.25) is 0 Å². The smallest absolute Gasteiger partial charge is 0.318 e. The fourth-order valence-electron chi connectivity index (χ4n) is 4.64. The second-order valence-corrected chi connectivity index (χ2v) is 10.2. The van der Waals surface area contributed by atoms with Gasteiger partial charge >= 0.3 is 6.03 Å². The highest BCUT2D eigenvalue weighted by Crippen LogP contribution is 2.41. The monoisotopic (exact) mass is 478 g/mol. The summed E-state index contributed by atoms with van der Waals surface area (Å²) < 4.78 is 5.90. The maximum absolute atomic E-state index is 12.5. The first-order valence-electron chi connectivity index (χ1n) is 11.7. The number of aromatic nitrogens is 1. The van der Waals surface area contributed by atoms with Crippen LogP contribution in [0.3, 0.4) is 0 Å². The molecule has 2 aliphatic rings. The number of rotatable bonds is 6. The van der Waals surface area contributed by atoms with Gasteiger partial charge < -0.3 is 25.4 Å². The fraction of sp³-hybridized carbons (Fsp3) is 0.385. The molecule has 0 radical (unpaired) electrons. The van der Waals surface area contributed by atoms with E-state index in [1.165, 1.54) is 16.7 Å². The maximum atomic E-state index is 12.5. The molecule has 1 saturated heterocycles. The minimum atomic E-state index is -0.392. The van der Waals surface area contributed by atoms with Crippen LogP contribution in [0.4, 0.5) is 10.5 Å². The molecule has 1 aromatic heterocycles. The van der Waals surface area contributed by atoms with Crippen LogP contribution in [-0.4, -0.2) is 53.4 Å². The maximum Gasteiger partial charge on any atom is 0.318 e. The lowest BCUT2D eigenvalue weighted by Crippen LogP contribution is -2.57. The summed E-state index contributed by atoms with van der Waals surface area (Å²) in [5.41, 5.74) is 5.63. The summed E-state index contributed by atoms with van der Waals surface area (Å²) >= 11 is 1.67. The first-order chi connectivity index (χ1) is 16.4. The van der Waals surface area contributed by atoms with Crippen molar-refractivity contribution in [3.8, 4) is 26.8 Å². The zero-order valence-corrected chi connectivity index (χ0v) is 20.5. The van der Waals surface area contributed by atoms with Crippen molar-refractivity contribution < 1.29 is 14.6 Å². The molecule has 3 N–H and O–H groups in total. The third kappa shape index (κ3) is 4.35. The Balaban J connectivity index is 1.37. The molecule has 0 unspecified atom stereocenters. The first kappa shape index (κ1) is 22.7. The van der Waals surface area contributed by atoms with Crippen molar-refractivity contribution in [3.63, 3.8) is 0 Å². The molecule has 2 heterocycles.